The predicted octanol–water partition coefficient (Wildman–Crippen LogP) is 4.61. The van der Waals surface area contributed by atoms with Gasteiger partial charge in [0.25, 0.3) is 0 Å². The third-order valence-corrected chi connectivity index (χ3v) is 5.14. The third kappa shape index (κ3) is 2.54. The fourth-order valence-electron chi connectivity index (χ4n) is 3.76. The SMILES string of the molecule is O=c1oc2cc3cc(N4CCCC4)ccc3cc2cc1-c1ccncc1. The Morgan fingerprint density at radius 2 is 1.65 bits per heavy atom. The monoisotopic (exact) mass is 342 g/mol. The van der Waals surface area contributed by atoms with Crippen molar-refractivity contribution >= 4 is 27.4 Å². The molecular weight excluding hydrogens is 324 g/mol. The summed E-state index contributed by atoms with van der Waals surface area (Å²) < 4.78 is 5.63. The number of pyridine rings is 1. The molecule has 0 spiro atoms. The van der Waals surface area contributed by atoms with Gasteiger partial charge in [0, 0.05) is 36.6 Å². The minimum atomic E-state index is -0.321. The Morgan fingerprint density at radius 1 is 0.846 bits per heavy atom. The third-order valence-electron chi connectivity index (χ3n) is 5.14. The van der Waals surface area contributed by atoms with E-state index in [1.807, 2.05) is 24.3 Å². The van der Waals surface area contributed by atoms with Gasteiger partial charge >= 0.3 is 5.63 Å². The number of rotatable bonds is 2. The fourth-order valence-corrected chi connectivity index (χ4v) is 3.76. The van der Waals surface area contributed by atoms with Crippen molar-refractivity contribution in [3.8, 4) is 11.1 Å². The minimum Gasteiger partial charge on any atom is -0.422 e. The Morgan fingerprint density at radius 3 is 2.46 bits per heavy atom. The first-order valence-electron chi connectivity index (χ1n) is 8.95. The molecule has 4 aromatic rings. The largest absolute Gasteiger partial charge is 0.422 e. The van der Waals surface area contributed by atoms with Crippen LogP contribution in [-0.4, -0.2) is 18.1 Å². The zero-order valence-electron chi connectivity index (χ0n) is 14.3. The maximum atomic E-state index is 12.5. The standard InChI is InChI=1S/C22H18N2O2/c25-22-20(15-5-7-23-8-6-15)13-18-11-16-3-4-19(24-9-1-2-10-24)12-17(16)14-21(18)26-22/h3-8,11-14H,1-2,9-10H2. The van der Waals surface area contributed by atoms with Gasteiger partial charge in [-0.3, -0.25) is 4.98 Å². The average molecular weight is 342 g/mol. The molecule has 4 nitrogen and oxygen atoms in total. The van der Waals surface area contributed by atoms with Gasteiger partial charge in [-0.15, -0.1) is 0 Å². The van der Waals surface area contributed by atoms with E-state index in [2.05, 4.69) is 34.1 Å². The van der Waals surface area contributed by atoms with Crippen molar-refractivity contribution in [2.75, 3.05) is 18.0 Å². The molecule has 5 rings (SSSR count). The van der Waals surface area contributed by atoms with Gasteiger partial charge in [0.15, 0.2) is 0 Å². The Labute approximate surface area is 150 Å². The zero-order valence-corrected chi connectivity index (χ0v) is 14.3. The maximum absolute atomic E-state index is 12.5. The van der Waals surface area contributed by atoms with Crippen molar-refractivity contribution in [3.63, 3.8) is 0 Å². The smallest absolute Gasteiger partial charge is 0.344 e. The molecule has 0 N–H and O–H groups in total. The molecular formula is C22H18N2O2. The van der Waals surface area contributed by atoms with Gasteiger partial charge in [0.2, 0.25) is 0 Å². The topological polar surface area (TPSA) is 46.3 Å². The summed E-state index contributed by atoms with van der Waals surface area (Å²) >= 11 is 0. The van der Waals surface area contributed by atoms with Crippen LogP contribution < -0.4 is 10.5 Å². The van der Waals surface area contributed by atoms with Gasteiger partial charge in [0.1, 0.15) is 5.58 Å². The van der Waals surface area contributed by atoms with Crippen molar-refractivity contribution in [1.29, 1.82) is 0 Å². The van der Waals surface area contributed by atoms with Crippen LogP contribution in [-0.2, 0) is 0 Å². The highest BCUT2D eigenvalue weighted by Gasteiger charge is 2.13. The molecule has 3 heterocycles. The first-order chi connectivity index (χ1) is 12.8. The highest BCUT2D eigenvalue weighted by Crippen LogP contribution is 2.29. The molecule has 0 amide bonds. The van der Waals surface area contributed by atoms with Gasteiger partial charge in [-0.05, 0) is 71.6 Å². The molecule has 128 valence electrons. The molecule has 0 saturated carbocycles. The zero-order chi connectivity index (χ0) is 17.5. The van der Waals surface area contributed by atoms with Crippen LogP contribution in [0.1, 0.15) is 12.8 Å². The summed E-state index contributed by atoms with van der Waals surface area (Å²) in [4.78, 5) is 18.9. The van der Waals surface area contributed by atoms with Crippen molar-refractivity contribution in [3.05, 3.63) is 71.3 Å². The van der Waals surface area contributed by atoms with Crippen LogP contribution in [0.3, 0.4) is 0 Å². The first kappa shape index (κ1) is 15.1. The summed E-state index contributed by atoms with van der Waals surface area (Å²) in [5.41, 5.74) is 2.93. The van der Waals surface area contributed by atoms with Crippen LogP contribution in [0.5, 0.6) is 0 Å². The molecule has 0 bridgehead atoms. The molecule has 1 aliphatic rings. The lowest BCUT2D eigenvalue weighted by Gasteiger charge is -2.18. The first-order valence-corrected chi connectivity index (χ1v) is 8.95. The number of hydrogen-bond acceptors (Lipinski definition) is 4. The normalized spacial score (nSPS) is 14.4. The van der Waals surface area contributed by atoms with Gasteiger partial charge in [0.05, 0.1) is 5.56 Å². The molecule has 1 fully saturated rings. The lowest BCUT2D eigenvalue weighted by Crippen LogP contribution is -2.17. The van der Waals surface area contributed by atoms with Crippen LogP contribution in [0.25, 0.3) is 32.9 Å². The minimum absolute atomic E-state index is 0.321. The molecule has 0 unspecified atom stereocenters. The second-order valence-corrected chi connectivity index (χ2v) is 6.80. The number of aromatic nitrogens is 1. The Kier molecular flexibility index (Phi) is 3.49. The van der Waals surface area contributed by atoms with Crippen molar-refractivity contribution in [2.24, 2.45) is 0 Å². The quantitative estimate of drug-likeness (QED) is 0.394. The highest BCUT2D eigenvalue weighted by molar-refractivity contribution is 5.98. The molecule has 4 heteroatoms. The molecule has 0 aliphatic carbocycles. The number of benzene rings is 2. The molecule has 26 heavy (non-hydrogen) atoms. The lowest BCUT2D eigenvalue weighted by atomic mass is 10.0. The molecule has 1 aliphatic heterocycles. The summed E-state index contributed by atoms with van der Waals surface area (Å²) in [6, 6.07) is 16.1. The van der Waals surface area contributed by atoms with Gasteiger partial charge in [-0.25, -0.2) is 4.79 Å². The van der Waals surface area contributed by atoms with E-state index >= 15 is 0 Å². The second kappa shape index (κ2) is 5.99. The molecule has 2 aromatic carbocycles. The van der Waals surface area contributed by atoms with E-state index in [0.717, 1.165) is 34.8 Å². The lowest BCUT2D eigenvalue weighted by molar-refractivity contribution is 0.564. The van der Waals surface area contributed by atoms with Crippen molar-refractivity contribution < 1.29 is 4.42 Å². The molecule has 2 aromatic heterocycles. The van der Waals surface area contributed by atoms with Crippen LogP contribution in [0.4, 0.5) is 5.69 Å². The second-order valence-electron chi connectivity index (χ2n) is 6.80. The summed E-state index contributed by atoms with van der Waals surface area (Å²) in [5, 5.41) is 3.18. The van der Waals surface area contributed by atoms with E-state index in [0.29, 0.717) is 11.1 Å². The van der Waals surface area contributed by atoms with E-state index < -0.39 is 0 Å². The maximum Gasteiger partial charge on any atom is 0.344 e. The van der Waals surface area contributed by atoms with Crippen molar-refractivity contribution in [2.45, 2.75) is 12.8 Å². The molecule has 0 radical (unpaired) electrons. The summed E-state index contributed by atoms with van der Waals surface area (Å²) in [7, 11) is 0. The molecule has 0 atom stereocenters. The van der Waals surface area contributed by atoms with E-state index in [-0.39, 0.29) is 5.63 Å². The van der Waals surface area contributed by atoms with Gasteiger partial charge < -0.3 is 9.32 Å². The Hall–Kier alpha value is -3.14. The Balaban J connectivity index is 1.67. The van der Waals surface area contributed by atoms with Gasteiger partial charge in [-0.2, -0.15) is 0 Å². The van der Waals surface area contributed by atoms with Crippen LogP contribution in [0.15, 0.2) is 70.1 Å². The number of fused-ring (bicyclic) bond motifs is 2. The highest BCUT2D eigenvalue weighted by atomic mass is 16.4. The van der Waals surface area contributed by atoms with Gasteiger partial charge in [-0.1, -0.05) is 6.07 Å². The fraction of sp³-hybridized carbons (Fsp3) is 0.182. The van der Waals surface area contributed by atoms with Crippen LogP contribution in [0.2, 0.25) is 0 Å². The van der Waals surface area contributed by atoms with Crippen LogP contribution in [0, 0.1) is 0 Å². The summed E-state index contributed by atoms with van der Waals surface area (Å²) in [6.45, 7) is 2.23. The number of nitrogens with zero attached hydrogens (tertiary/aromatic N) is 2. The van der Waals surface area contributed by atoms with Crippen LogP contribution >= 0.6 is 0 Å². The number of anilines is 1. The van der Waals surface area contributed by atoms with E-state index in [1.165, 1.54) is 18.5 Å². The predicted molar refractivity (Wildman–Crippen MR) is 105 cm³/mol. The van der Waals surface area contributed by atoms with E-state index in [1.54, 1.807) is 12.4 Å². The summed E-state index contributed by atoms with van der Waals surface area (Å²) in [6.07, 6.45) is 5.86. The van der Waals surface area contributed by atoms with E-state index in [4.69, 9.17) is 4.42 Å². The Bertz CT molecular complexity index is 1160. The number of hydrogen-bond donors (Lipinski definition) is 0. The average Bonchev–Trinajstić information content (AvgIpc) is 3.21. The van der Waals surface area contributed by atoms with E-state index in [9.17, 15) is 4.79 Å². The summed E-state index contributed by atoms with van der Waals surface area (Å²) in [5.74, 6) is 0. The molecule has 1 saturated heterocycles. The van der Waals surface area contributed by atoms with Crippen molar-refractivity contribution in [1.82, 2.24) is 4.98 Å².